The van der Waals surface area contributed by atoms with E-state index in [9.17, 15) is 4.79 Å². The van der Waals surface area contributed by atoms with Gasteiger partial charge < -0.3 is 4.90 Å². The molecular formula is C17H20N4O. The molecule has 0 N–H and O–H groups in total. The van der Waals surface area contributed by atoms with Gasteiger partial charge in [-0.1, -0.05) is 18.2 Å². The quantitative estimate of drug-likeness (QED) is 0.818. The number of allylic oxidation sites excluding steroid dienone is 2. The topological polar surface area (TPSA) is 50.5 Å². The third-order valence-electron chi connectivity index (χ3n) is 4.76. The lowest BCUT2D eigenvalue weighted by Gasteiger charge is -2.24. The first-order valence-electron chi connectivity index (χ1n) is 8.09. The van der Waals surface area contributed by atoms with Crippen LogP contribution in [-0.4, -0.2) is 31.9 Å². The fourth-order valence-corrected chi connectivity index (χ4v) is 3.63. The fraction of sp³-hybridized carbons (Fsp3) is 0.471. The summed E-state index contributed by atoms with van der Waals surface area (Å²) in [5.41, 5.74) is 0.843. The highest BCUT2D eigenvalue weighted by molar-refractivity contribution is 5.77. The maximum atomic E-state index is 12.7. The molecule has 1 saturated heterocycles. The van der Waals surface area contributed by atoms with E-state index in [0.29, 0.717) is 12.3 Å². The molecule has 5 nitrogen and oxygen atoms in total. The number of pyridine rings is 1. The van der Waals surface area contributed by atoms with Gasteiger partial charge in [-0.15, -0.1) is 10.2 Å². The molecule has 0 aromatic carbocycles. The number of carbonyl (C=O) groups is 1. The Morgan fingerprint density at radius 3 is 3.09 bits per heavy atom. The van der Waals surface area contributed by atoms with Gasteiger partial charge in [0.1, 0.15) is 0 Å². The van der Waals surface area contributed by atoms with Crippen LogP contribution in [0.2, 0.25) is 0 Å². The first-order valence-corrected chi connectivity index (χ1v) is 8.09. The van der Waals surface area contributed by atoms with E-state index < -0.39 is 0 Å². The van der Waals surface area contributed by atoms with E-state index in [4.69, 9.17) is 0 Å². The Balaban J connectivity index is 1.58. The Kier molecular flexibility index (Phi) is 3.41. The number of hydrogen-bond donors (Lipinski definition) is 0. The van der Waals surface area contributed by atoms with E-state index in [1.165, 1.54) is 0 Å². The molecule has 1 fully saturated rings. The minimum absolute atomic E-state index is 0.0651. The number of aromatic nitrogens is 3. The van der Waals surface area contributed by atoms with Gasteiger partial charge in [0.15, 0.2) is 11.5 Å². The number of likely N-dealkylation sites (tertiary alicyclic amines) is 1. The number of rotatable bonds is 3. The van der Waals surface area contributed by atoms with Crippen LogP contribution in [0.25, 0.3) is 5.65 Å². The van der Waals surface area contributed by atoms with Crippen LogP contribution in [0.15, 0.2) is 36.5 Å². The second-order valence-electron chi connectivity index (χ2n) is 6.20. The molecule has 1 aliphatic carbocycles. The van der Waals surface area contributed by atoms with Gasteiger partial charge in [-0.3, -0.25) is 9.20 Å². The molecule has 114 valence electrons. The zero-order valence-electron chi connectivity index (χ0n) is 12.6. The van der Waals surface area contributed by atoms with Gasteiger partial charge in [0.2, 0.25) is 5.91 Å². The van der Waals surface area contributed by atoms with Crippen molar-refractivity contribution in [3.8, 4) is 0 Å². The van der Waals surface area contributed by atoms with Crippen molar-refractivity contribution in [3.05, 3.63) is 42.4 Å². The highest BCUT2D eigenvalue weighted by Gasteiger charge is 2.33. The molecule has 22 heavy (non-hydrogen) atoms. The smallest absolute Gasteiger partial charge is 0.223 e. The maximum absolute atomic E-state index is 12.7. The first-order chi connectivity index (χ1) is 10.8. The summed E-state index contributed by atoms with van der Waals surface area (Å²) in [6.45, 7) is 0.835. The number of hydrogen-bond acceptors (Lipinski definition) is 3. The predicted molar refractivity (Wildman–Crippen MR) is 83.2 cm³/mol. The zero-order valence-corrected chi connectivity index (χ0v) is 12.6. The van der Waals surface area contributed by atoms with E-state index in [0.717, 1.165) is 43.7 Å². The molecule has 4 rings (SSSR count). The van der Waals surface area contributed by atoms with Crippen molar-refractivity contribution >= 4 is 11.6 Å². The first kappa shape index (κ1) is 13.5. The van der Waals surface area contributed by atoms with Crippen molar-refractivity contribution in [2.24, 2.45) is 5.92 Å². The minimum Gasteiger partial charge on any atom is -0.332 e. The van der Waals surface area contributed by atoms with E-state index in [-0.39, 0.29) is 11.9 Å². The molecule has 0 radical (unpaired) electrons. The zero-order chi connectivity index (χ0) is 14.9. The van der Waals surface area contributed by atoms with Gasteiger partial charge >= 0.3 is 0 Å². The summed E-state index contributed by atoms with van der Waals surface area (Å²) in [7, 11) is 0. The number of fused-ring (bicyclic) bond motifs is 1. The van der Waals surface area contributed by atoms with Crippen LogP contribution in [0.1, 0.15) is 44.0 Å². The summed E-state index contributed by atoms with van der Waals surface area (Å²) in [5.74, 6) is 1.57. The van der Waals surface area contributed by atoms with Crippen molar-refractivity contribution < 1.29 is 4.79 Å². The van der Waals surface area contributed by atoms with E-state index in [1.807, 2.05) is 33.7 Å². The lowest BCUT2D eigenvalue weighted by Crippen LogP contribution is -2.32. The lowest BCUT2D eigenvalue weighted by atomic mass is 10.0. The summed E-state index contributed by atoms with van der Waals surface area (Å²) in [5, 5.41) is 8.57. The summed E-state index contributed by atoms with van der Waals surface area (Å²) < 4.78 is 2.01. The average molecular weight is 296 g/mol. The fourth-order valence-electron chi connectivity index (χ4n) is 3.63. The van der Waals surface area contributed by atoms with Gasteiger partial charge in [-0.05, 0) is 43.7 Å². The molecule has 0 saturated carbocycles. The Morgan fingerprint density at radius 2 is 2.23 bits per heavy atom. The van der Waals surface area contributed by atoms with Crippen molar-refractivity contribution in [3.63, 3.8) is 0 Å². The molecule has 5 heteroatoms. The molecule has 2 aromatic rings. The summed E-state index contributed by atoms with van der Waals surface area (Å²) in [6, 6.07) is 5.94. The lowest BCUT2D eigenvalue weighted by molar-refractivity contribution is -0.133. The van der Waals surface area contributed by atoms with Crippen LogP contribution >= 0.6 is 0 Å². The standard InChI is InChI=1S/C17H20N4O/c22-16(12-13-6-1-2-7-13)20-11-5-8-14(20)17-19-18-15-9-3-4-10-21(15)17/h1,3-4,6,9-10,13-14H,2,5,7-8,11-12H2. The second-order valence-corrected chi connectivity index (χ2v) is 6.20. The Hall–Kier alpha value is -2.17. The highest BCUT2D eigenvalue weighted by atomic mass is 16.2. The summed E-state index contributed by atoms with van der Waals surface area (Å²) >= 11 is 0. The molecule has 2 aliphatic rings. The second kappa shape index (κ2) is 5.55. The third-order valence-corrected chi connectivity index (χ3v) is 4.76. The number of carbonyl (C=O) groups excluding carboxylic acids is 1. The van der Waals surface area contributed by atoms with Crippen LogP contribution in [0.4, 0.5) is 0 Å². The van der Waals surface area contributed by atoms with Crippen molar-refractivity contribution in [2.45, 2.75) is 38.1 Å². The average Bonchev–Trinajstić information content (AvgIpc) is 3.26. The van der Waals surface area contributed by atoms with Gasteiger partial charge in [-0.25, -0.2) is 0 Å². The molecule has 3 heterocycles. The van der Waals surface area contributed by atoms with Crippen molar-refractivity contribution in [1.82, 2.24) is 19.5 Å². The van der Waals surface area contributed by atoms with Crippen LogP contribution < -0.4 is 0 Å². The van der Waals surface area contributed by atoms with Gasteiger partial charge in [0, 0.05) is 19.2 Å². The third kappa shape index (κ3) is 2.30. The molecule has 2 aromatic heterocycles. The van der Waals surface area contributed by atoms with Crippen molar-refractivity contribution in [1.29, 1.82) is 0 Å². The summed E-state index contributed by atoms with van der Waals surface area (Å²) in [4.78, 5) is 14.7. The predicted octanol–water partition coefficient (Wildman–Crippen LogP) is 2.75. The van der Waals surface area contributed by atoms with Crippen LogP contribution in [0.3, 0.4) is 0 Å². The van der Waals surface area contributed by atoms with Crippen LogP contribution in [0, 0.1) is 5.92 Å². The Morgan fingerprint density at radius 1 is 1.27 bits per heavy atom. The highest BCUT2D eigenvalue weighted by Crippen LogP contribution is 2.33. The number of amides is 1. The SMILES string of the molecule is O=C(CC1C=CCC1)N1CCCC1c1nnc2ccccn12. The Bertz CT molecular complexity index is 720. The van der Waals surface area contributed by atoms with Crippen molar-refractivity contribution in [2.75, 3.05) is 6.54 Å². The van der Waals surface area contributed by atoms with E-state index in [2.05, 4.69) is 22.3 Å². The molecule has 2 atom stereocenters. The molecule has 0 bridgehead atoms. The maximum Gasteiger partial charge on any atom is 0.223 e. The number of nitrogens with zero attached hydrogens (tertiary/aromatic N) is 4. The molecule has 1 amide bonds. The Labute approximate surface area is 129 Å². The minimum atomic E-state index is 0.0651. The van der Waals surface area contributed by atoms with Gasteiger partial charge in [-0.2, -0.15) is 0 Å². The van der Waals surface area contributed by atoms with E-state index >= 15 is 0 Å². The van der Waals surface area contributed by atoms with Crippen LogP contribution in [0.5, 0.6) is 0 Å². The molecule has 1 aliphatic heterocycles. The molecule has 0 spiro atoms. The molecular weight excluding hydrogens is 276 g/mol. The monoisotopic (exact) mass is 296 g/mol. The summed E-state index contributed by atoms with van der Waals surface area (Å²) in [6.07, 6.45) is 11.2. The van der Waals surface area contributed by atoms with Gasteiger partial charge in [0.05, 0.1) is 6.04 Å². The van der Waals surface area contributed by atoms with E-state index in [1.54, 1.807) is 0 Å². The molecule has 2 unspecified atom stereocenters. The normalized spacial score (nSPS) is 24.5. The van der Waals surface area contributed by atoms with Gasteiger partial charge in [0.25, 0.3) is 0 Å². The van der Waals surface area contributed by atoms with Crippen LogP contribution in [-0.2, 0) is 4.79 Å². The largest absolute Gasteiger partial charge is 0.332 e.